The zero-order valence-electron chi connectivity index (χ0n) is 6.13. The smallest absolute Gasteiger partial charge is 0.307 e. The summed E-state index contributed by atoms with van der Waals surface area (Å²) >= 11 is 0. The van der Waals surface area contributed by atoms with Crippen molar-refractivity contribution in [3.8, 4) is 0 Å². The minimum atomic E-state index is -0.695. The molecule has 1 heterocycles. The Balaban J connectivity index is 2.39. The average molecular weight is 143 g/mol. The molecule has 1 aliphatic rings. The third-order valence-corrected chi connectivity index (χ3v) is 2.09. The van der Waals surface area contributed by atoms with Crippen LogP contribution in [-0.2, 0) is 4.79 Å². The summed E-state index contributed by atoms with van der Waals surface area (Å²) in [7, 11) is 0. The van der Waals surface area contributed by atoms with Gasteiger partial charge in [-0.3, -0.25) is 4.79 Å². The SMILES string of the molecule is CC(C(=O)O)[C@@H]1CCCN1. The number of aliphatic carboxylic acids is 1. The van der Waals surface area contributed by atoms with Crippen LogP contribution in [0.2, 0.25) is 0 Å². The van der Waals surface area contributed by atoms with Crippen LogP contribution in [-0.4, -0.2) is 23.7 Å². The molecule has 0 aromatic heterocycles. The average Bonchev–Trinajstić information content (AvgIpc) is 2.36. The highest BCUT2D eigenvalue weighted by molar-refractivity contribution is 5.70. The van der Waals surface area contributed by atoms with Crippen LogP contribution in [0.5, 0.6) is 0 Å². The minimum absolute atomic E-state index is 0.206. The molecule has 10 heavy (non-hydrogen) atoms. The van der Waals surface area contributed by atoms with Gasteiger partial charge in [0, 0.05) is 6.04 Å². The molecule has 0 bridgehead atoms. The summed E-state index contributed by atoms with van der Waals surface area (Å²) in [5.41, 5.74) is 0. The standard InChI is InChI=1S/C7H13NO2/c1-5(7(9)10)6-3-2-4-8-6/h5-6,8H,2-4H2,1H3,(H,9,10)/t5?,6-/m0/s1. The van der Waals surface area contributed by atoms with Crippen molar-refractivity contribution >= 4 is 5.97 Å². The summed E-state index contributed by atoms with van der Waals surface area (Å²) in [6.07, 6.45) is 2.12. The molecule has 2 N–H and O–H groups in total. The molecule has 1 unspecified atom stereocenters. The second kappa shape index (κ2) is 3.01. The molecular weight excluding hydrogens is 130 g/mol. The van der Waals surface area contributed by atoms with Crippen LogP contribution in [0.15, 0.2) is 0 Å². The quantitative estimate of drug-likeness (QED) is 0.590. The Morgan fingerprint density at radius 1 is 1.80 bits per heavy atom. The van der Waals surface area contributed by atoms with Crippen molar-refractivity contribution in [3.05, 3.63) is 0 Å². The van der Waals surface area contributed by atoms with Crippen molar-refractivity contribution in [2.24, 2.45) is 5.92 Å². The molecule has 0 aliphatic carbocycles. The van der Waals surface area contributed by atoms with Gasteiger partial charge in [-0.25, -0.2) is 0 Å². The van der Waals surface area contributed by atoms with E-state index in [0.717, 1.165) is 19.4 Å². The van der Waals surface area contributed by atoms with E-state index in [4.69, 9.17) is 5.11 Å². The number of carbonyl (C=O) groups is 1. The van der Waals surface area contributed by atoms with E-state index >= 15 is 0 Å². The van der Waals surface area contributed by atoms with Crippen LogP contribution in [0.1, 0.15) is 19.8 Å². The van der Waals surface area contributed by atoms with E-state index in [1.54, 1.807) is 6.92 Å². The van der Waals surface area contributed by atoms with E-state index in [1.807, 2.05) is 0 Å². The third-order valence-electron chi connectivity index (χ3n) is 2.09. The van der Waals surface area contributed by atoms with Crippen molar-refractivity contribution in [1.82, 2.24) is 5.32 Å². The maximum absolute atomic E-state index is 10.4. The fourth-order valence-corrected chi connectivity index (χ4v) is 1.31. The second-order valence-corrected chi connectivity index (χ2v) is 2.83. The Labute approximate surface area is 60.4 Å². The van der Waals surface area contributed by atoms with Gasteiger partial charge in [-0.05, 0) is 19.4 Å². The molecule has 2 atom stereocenters. The Kier molecular flexibility index (Phi) is 2.27. The predicted molar refractivity (Wildman–Crippen MR) is 37.8 cm³/mol. The molecule has 1 rings (SSSR count). The molecule has 0 saturated carbocycles. The molecule has 0 spiro atoms. The van der Waals surface area contributed by atoms with Crippen LogP contribution >= 0.6 is 0 Å². The molecule has 1 aliphatic heterocycles. The molecule has 3 nitrogen and oxygen atoms in total. The van der Waals surface area contributed by atoms with Crippen LogP contribution < -0.4 is 5.32 Å². The Bertz CT molecular complexity index is 130. The number of hydrogen-bond donors (Lipinski definition) is 2. The van der Waals surface area contributed by atoms with Gasteiger partial charge in [-0.1, -0.05) is 6.92 Å². The van der Waals surface area contributed by atoms with Crippen molar-refractivity contribution in [2.75, 3.05) is 6.54 Å². The molecule has 0 aromatic rings. The summed E-state index contributed by atoms with van der Waals surface area (Å²) in [4.78, 5) is 10.4. The number of carboxylic acids is 1. The van der Waals surface area contributed by atoms with Crippen molar-refractivity contribution in [3.63, 3.8) is 0 Å². The zero-order valence-corrected chi connectivity index (χ0v) is 6.13. The van der Waals surface area contributed by atoms with Crippen LogP contribution in [0.25, 0.3) is 0 Å². The van der Waals surface area contributed by atoms with Gasteiger partial charge >= 0.3 is 5.97 Å². The zero-order chi connectivity index (χ0) is 7.56. The first-order valence-corrected chi connectivity index (χ1v) is 3.68. The lowest BCUT2D eigenvalue weighted by Crippen LogP contribution is -2.33. The lowest BCUT2D eigenvalue weighted by atomic mass is 10.0. The fraction of sp³-hybridized carbons (Fsp3) is 0.857. The Morgan fingerprint density at radius 2 is 2.50 bits per heavy atom. The van der Waals surface area contributed by atoms with E-state index in [9.17, 15) is 4.79 Å². The molecule has 58 valence electrons. The lowest BCUT2D eigenvalue weighted by Gasteiger charge is -2.13. The lowest BCUT2D eigenvalue weighted by molar-refractivity contribution is -0.141. The minimum Gasteiger partial charge on any atom is -0.481 e. The molecule has 0 radical (unpaired) electrons. The van der Waals surface area contributed by atoms with Gasteiger partial charge in [-0.15, -0.1) is 0 Å². The Hall–Kier alpha value is -0.570. The van der Waals surface area contributed by atoms with E-state index in [0.29, 0.717) is 0 Å². The van der Waals surface area contributed by atoms with E-state index in [1.165, 1.54) is 0 Å². The predicted octanol–water partition coefficient (Wildman–Crippen LogP) is 0.459. The van der Waals surface area contributed by atoms with Gasteiger partial charge in [0.05, 0.1) is 5.92 Å². The van der Waals surface area contributed by atoms with E-state index < -0.39 is 5.97 Å². The van der Waals surface area contributed by atoms with Crippen molar-refractivity contribution in [1.29, 1.82) is 0 Å². The number of rotatable bonds is 2. The highest BCUT2D eigenvalue weighted by Crippen LogP contribution is 2.13. The highest BCUT2D eigenvalue weighted by Gasteiger charge is 2.25. The Morgan fingerprint density at radius 3 is 2.90 bits per heavy atom. The van der Waals surface area contributed by atoms with Gasteiger partial charge in [0.1, 0.15) is 0 Å². The topological polar surface area (TPSA) is 49.3 Å². The molecule has 0 amide bonds. The number of nitrogens with one attached hydrogen (secondary N) is 1. The molecule has 0 aromatic carbocycles. The largest absolute Gasteiger partial charge is 0.481 e. The third kappa shape index (κ3) is 1.48. The molecule has 1 saturated heterocycles. The van der Waals surface area contributed by atoms with Crippen LogP contribution in [0, 0.1) is 5.92 Å². The first-order valence-electron chi connectivity index (χ1n) is 3.68. The molecule has 3 heteroatoms. The van der Waals surface area contributed by atoms with Gasteiger partial charge in [-0.2, -0.15) is 0 Å². The summed E-state index contributed by atoms with van der Waals surface area (Å²) in [6.45, 7) is 2.73. The van der Waals surface area contributed by atoms with Crippen molar-refractivity contribution in [2.45, 2.75) is 25.8 Å². The normalized spacial score (nSPS) is 28.3. The van der Waals surface area contributed by atoms with Crippen molar-refractivity contribution < 1.29 is 9.90 Å². The number of carboxylic acid groups (broad SMARTS) is 1. The van der Waals surface area contributed by atoms with Crippen LogP contribution in [0.4, 0.5) is 0 Å². The monoisotopic (exact) mass is 143 g/mol. The van der Waals surface area contributed by atoms with Gasteiger partial charge < -0.3 is 10.4 Å². The first-order chi connectivity index (χ1) is 4.72. The maximum Gasteiger partial charge on any atom is 0.307 e. The van der Waals surface area contributed by atoms with Gasteiger partial charge in [0.15, 0.2) is 0 Å². The molecular formula is C7H13NO2. The second-order valence-electron chi connectivity index (χ2n) is 2.83. The summed E-state index contributed by atoms with van der Waals surface area (Å²) in [5, 5.41) is 11.8. The highest BCUT2D eigenvalue weighted by atomic mass is 16.4. The summed E-state index contributed by atoms with van der Waals surface area (Å²) in [6, 6.07) is 0.206. The fourth-order valence-electron chi connectivity index (χ4n) is 1.31. The van der Waals surface area contributed by atoms with Gasteiger partial charge in [0.2, 0.25) is 0 Å². The van der Waals surface area contributed by atoms with Crippen LogP contribution in [0.3, 0.4) is 0 Å². The van der Waals surface area contributed by atoms with Gasteiger partial charge in [0.25, 0.3) is 0 Å². The van der Waals surface area contributed by atoms with E-state index in [-0.39, 0.29) is 12.0 Å². The number of hydrogen-bond acceptors (Lipinski definition) is 2. The first kappa shape index (κ1) is 7.54. The van der Waals surface area contributed by atoms with E-state index in [2.05, 4.69) is 5.32 Å². The maximum atomic E-state index is 10.4. The summed E-state index contributed by atoms with van der Waals surface area (Å²) < 4.78 is 0. The summed E-state index contributed by atoms with van der Waals surface area (Å²) in [5.74, 6) is -0.929. The molecule has 1 fully saturated rings.